The van der Waals surface area contributed by atoms with Crippen molar-refractivity contribution in [2.75, 3.05) is 59.5 Å². The van der Waals surface area contributed by atoms with Crippen molar-refractivity contribution in [2.45, 2.75) is 147 Å². The monoisotopic (exact) mass is 956 g/mol. The lowest BCUT2D eigenvalue weighted by Crippen LogP contribution is -2.17. The molecule has 368 valence electrons. The highest BCUT2D eigenvalue weighted by molar-refractivity contribution is 7.97. The largest absolute Gasteiger partial charge is 0.744 e. The Bertz CT molecular complexity index is 1840. The molecule has 4 rings (SSSR count). The molecular formula is C52H76O12S2. The van der Waals surface area contributed by atoms with Crippen molar-refractivity contribution < 1.29 is 55.6 Å². The van der Waals surface area contributed by atoms with Gasteiger partial charge in [0.1, 0.15) is 38.3 Å². The van der Waals surface area contributed by atoms with Gasteiger partial charge >= 0.3 is 0 Å². The molecule has 0 unspecified atom stereocenters. The predicted octanol–water partition coefficient (Wildman–Crippen LogP) is 12.8. The third-order valence-corrected chi connectivity index (χ3v) is 12.4. The Kier molecular flexibility index (Phi) is 25.8. The van der Waals surface area contributed by atoms with Crippen LogP contribution in [-0.4, -0.2) is 72.4 Å². The first kappa shape index (κ1) is 55.7. The Balaban J connectivity index is 0.000000915. The SMILES string of the molecule is CCCOc1cc(OCCC)c([S+](c2c(OCCC)cc(OCCC)cc2OCCC)c2c(OCCC)cc(OCCC)cc2OCCC)c(OCCC)c1.Cc1ccc(S(=O)(=O)[O-])cc1. The number of hydrogen-bond donors (Lipinski definition) is 0. The van der Waals surface area contributed by atoms with Crippen molar-refractivity contribution in [1.82, 2.24) is 0 Å². The molecule has 14 heteroatoms. The summed E-state index contributed by atoms with van der Waals surface area (Å²) in [5.41, 5.74) is 0.928. The lowest BCUT2D eigenvalue weighted by Gasteiger charge is -2.24. The molecule has 0 aliphatic rings. The average Bonchev–Trinajstić information content (AvgIpc) is 3.31. The molecule has 0 bridgehead atoms. The minimum Gasteiger partial charge on any atom is -0.744 e. The summed E-state index contributed by atoms with van der Waals surface area (Å²) in [5.74, 6) is 6.03. The highest BCUT2D eigenvalue weighted by Gasteiger charge is 2.47. The molecule has 0 aromatic heterocycles. The highest BCUT2D eigenvalue weighted by atomic mass is 32.2. The Morgan fingerprint density at radius 1 is 0.379 bits per heavy atom. The van der Waals surface area contributed by atoms with Crippen LogP contribution in [0.5, 0.6) is 51.7 Å². The van der Waals surface area contributed by atoms with Gasteiger partial charge in [-0.2, -0.15) is 0 Å². The molecule has 0 atom stereocenters. The van der Waals surface area contributed by atoms with E-state index >= 15 is 0 Å². The van der Waals surface area contributed by atoms with Crippen molar-refractivity contribution in [3.05, 3.63) is 66.2 Å². The van der Waals surface area contributed by atoms with Crippen molar-refractivity contribution in [3.63, 3.8) is 0 Å². The number of benzene rings is 4. The zero-order valence-electron chi connectivity index (χ0n) is 41.2. The van der Waals surface area contributed by atoms with E-state index in [4.69, 9.17) is 42.6 Å². The quantitative estimate of drug-likeness (QED) is 0.0350. The Hall–Kier alpha value is -4.66. The van der Waals surface area contributed by atoms with Crippen LogP contribution >= 0.6 is 0 Å². The fourth-order valence-electron chi connectivity index (χ4n) is 6.10. The van der Waals surface area contributed by atoms with Crippen LogP contribution in [0.3, 0.4) is 0 Å². The van der Waals surface area contributed by atoms with Crippen molar-refractivity contribution in [3.8, 4) is 51.7 Å². The van der Waals surface area contributed by atoms with Crippen LogP contribution in [0.1, 0.15) is 126 Å². The van der Waals surface area contributed by atoms with Crippen LogP contribution in [0.25, 0.3) is 0 Å². The van der Waals surface area contributed by atoms with E-state index in [0.29, 0.717) is 111 Å². The van der Waals surface area contributed by atoms with E-state index in [2.05, 4.69) is 62.3 Å². The van der Waals surface area contributed by atoms with Gasteiger partial charge in [0, 0.05) is 36.4 Å². The van der Waals surface area contributed by atoms with Gasteiger partial charge in [-0.15, -0.1) is 0 Å². The maximum atomic E-state index is 10.4. The summed E-state index contributed by atoms with van der Waals surface area (Å²) >= 11 is 0. The summed E-state index contributed by atoms with van der Waals surface area (Å²) in [7, 11) is -5.33. The van der Waals surface area contributed by atoms with E-state index in [1.807, 2.05) is 43.3 Å². The van der Waals surface area contributed by atoms with Crippen LogP contribution in [0.2, 0.25) is 0 Å². The summed E-state index contributed by atoms with van der Waals surface area (Å²) in [4.78, 5) is 2.32. The minimum absolute atomic E-state index is 0.178. The number of hydrogen-bond acceptors (Lipinski definition) is 12. The molecule has 4 aromatic rings. The van der Waals surface area contributed by atoms with E-state index in [0.717, 1.165) is 78.0 Å². The van der Waals surface area contributed by atoms with Crippen LogP contribution in [0.15, 0.2) is 80.2 Å². The molecule has 4 aromatic carbocycles. The molecule has 0 amide bonds. The standard InChI is InChI=1S/C45H69O9S.C7H8O3S/c1-10-19-46-34-28-37(49-22-13-4)43(38(29-34)50-23-14-5)55(44-39(51-24-15-6)30-35(47-20-11-2)31-40(44)52-25-16-7)45-41(53-26-17-8)32-36(48-21-12-3)33-42(45)54-27-18-9;1-6-2-4-7(5-3-6)11(8,9)10/h28-33H,10-27H2,1-9H3;2-5H,1H3,(H,8,9,10)/q+1;/p-1. The lowest BCUT2D eigenvalue weighted by atomic mass is 10.2. The Labute approximate surface area is 399 Å². The maximum Gasteiger partial charge on any atom is 0.250 e. The summed E-state index contributed by atoms with van der Waals surface area (Å²) < 4.78 is 90.3. The number of aryl methyl sites for hydroxylation is 1. The maximum absolute atomic E-state index is 10.4. The van der Waals surface area contributed by atoms with E-state index < -0.39 is 21.0 Å². The first-order chi connectivity index (χ1) is 31.9. The lowest BCUT2D eigenvalue weighted by molar-refractivity contribution is 0.271. The third-order valence-electron chi connectivity index (χ3n) is 9.09. The Morgan fingerprint density at radius 3 is 0.788 bits per heavy atom. The van der Waals surface area contributed by atoms with Gasteiger partial charge in [-0.05, 0) is 76.8 Å². The van der Waals surface area contributed by atoms with Crippen LogP contribution < -0.4 is 42.6 Å². The van der Waals surface area contributed by atoms with Crippen molar-refractivity contribution in [1.29, 1.82) is 0 Å². The molecule has 0 spiro atoms. The fourth-order valence-corrected chi connectivity index (χ4v) is 9.09. The molecule has 0 radical (unpaired) electrons. The molecule has 0 aliphatic carbocycles. The van der Waals surface area contributed by atoms with Gasteiger partial charge in [-0.3, -0.25) is 0 Å². The van der Waals surface area contributed by atoms with Crippen molar-refractivity contribution >= 4 is 21.0 Å². The third kappa shape index (κ3) is 17.5. The van der Waals surface area contributed by atoms with E-state index in [-0.39, 0.29) is 4.90 Å². The van der Waals surface area contributed by atoms with Gasteiger partial charge in [0.25, 0.3) is 14.7 Å². The second-order valence-electron chi connectivity index (χ2n) is 15.5. The molecule has 0 fully saturated rings. The van der Waals surface area contributed by atoms with E-state index in [1.54, 1.807) is 12.1 Å². The summed E-state index contributed by atoms with van der Waals surface area (Å²) in [6.07, 6.45) is 7.50. The molecular weight excluding hydrogens is 881 g/mol. The van der Waals surface area contributed by atoms with Gasteiger partial charge in [-0.25, -0.2) is 8.42 Å². The zero-order valence-corrected chi connectivity index (χ0v) is 42.8. The summed E-state index contributed by atoms with van der Waals surface area (Å²) in [5, 5.41) is 0. The molecule has 0 N–H and O–H groups in total. The normalized spacial score (nSPS) is 11.1. The number of ether oxygens (including phenoxy) is 9. The minimum atomic E-state index is -4.27. The van der Waals surface area contributed by atoms with Gasteiger partial charge in [0.2, 0.25) is 0 Å². The topological polar surface area (TPSA) is 140 Å². The van der Waals surface area contributed by atoms with Gasteiger partial charge in [-0.1, -0.05) is 80.0 Å². The van der Waals surface area contributed by atoms with Gasteiger partial charge in [0.05, 0.1) is 64.4 Å². The highest BCUT2D eigenvalue weighted by Crippen LogP contribution is 2.55. The van der Waals surface area contributed by atoms with Crippen LogP contribution in [0.4, 0.5) is 0 Å². The van der Waals surface area contributed by atoms with Crippen molar-refractivity contribution in [2.24, 2.45) is 0 Å². The number of rotatable bonds is 31. The fraction of sp³-hybridized carbons (Fsp3) is 0.538. The molecule has 0 saturated heterocycles. The predicted molar refractivity (Wildman–Crippen MR) is 263 cm³/mol. The molecule has 0 heterocycles. The Morgan fingerprint density at radius 2 is 0.591 bits per heavy atom. The average molecular weight is 957 g/mol. The first-order valence-electron chi connectivity index (χ1n) is 23.9. The van der Waals surface area contributed by atoms with Crippen LogP contribution in [0, 0.1) is 6.92 Å². The first-order valence-corrected chi connectivity index (χ1v) is 26.5. The molecule has 0 aliphatic heterocycles. The summed E-state index contributed by atoms with van der Waals surface area (Å²) in [6, 6.07) is 17.8. The van der Waals surface area contributed by atoms with E-state index in [9.17, 15) is 13.0 Å². The zero-order chi connectivity index (χ0) is 48.3. The van der Waals surface area contributed by atoms with Gasteiger partial charge < -0.3 is 47.2 Å². The van der Waals surface area contributed by atoms with E-state index in [1.165, 1.54) is 12.1 Å². The van der Waals surface area contributed by atoms with Gasteiger partial charge in [0.15, 0.2) is 34.5 Å². The van der Waals surface area contributed by atoms with Crippen LogP contribution in [-0.2, 0) is 21.0 Å². The smallest absolute Gasteiger partial charge is 0.250 e. The molecule has 66 heavy (non-hydrogen) atoms. The molecule has 12 nitrogen and oxygen atoms in total. The summed E-state index contributed by atoms with van der Waals surface area (Å²) in [6.45, 7) is 25.5. The second-order valence-corrected chi connectivity index (χ2v) is 18.7. The second kappa shape index (κ2) is 30.6. The molecule has 0 saturated carbocycles.